The van der Waals surface area contributed by atoms with Crippen molar-refractivity contribution in [2.75, 3.05) is 0 Å². The van der Waals surface area contributed by atoms with Gasteiger partial charge in [0.1, 0.15) is 6.04 Å². The van der Waals surface area contributed by atoms with Crippen LogP contribution in [-0.4, -0.2) is 28.3 Å². The van der Waals surface area contributed by atoms with E-state index in [9.17, 15) is 9.59 Å². The van der Waals surface area contributed by atoms with Gasteiger partial charge in [-0.3, -0.25) is 9.59 Å². The van der Waals surface area contributed by atoms with Crippen LogP contribution in [0.5, 0.6) is 0 Å². The van der Waals surface area contributed by atoms with E-state index in [4.69, 9.17) is 23.2 Å². The molecule has 0 fully saturated rings. The lowest BCUT2D eigenvalue weighted by atomic mass is 10.00. The minimum Gasteiger partial charge on any atom is -0.350 e. The normalized spacial score (nSPS) is 12.1. The number of carbonyl (C=O) groups excluding carboxylic acids is 2. The fourth-order valence-electron chi connectivity index (χ4n) is 3.71. The Bertz CT molecular complexity index is 1110. The van der Waals surface area contributed by atoms with E-state index in [1.54, 1.807) is 23.1 Å². The van der Waals surface area contributed by atoms with Crippen molar-refractivity contribution >= 4 is 35.0 Å². The highest BCUT2D eigenvalue weighted by atomic mass is 35.5. The Morgan fingerprint density at radius 2 is 1.47 bits per heavy atom. The highest BCUT2D eigenvalue weighted by molar-refractivity contribution is 6.35. The van der Waals surface area contributed by atoms with E-state index in [1.165, 1.54) is 0 Å². The standard InChI is InChI=1S/C28H30Cl2N2O2/c1-28(2,3)31-27(34)25(16-20-10-6-4-7-11-20)32(19-22-14-15-23(29)18-24(22)30)26(33)17-21-12-8-5-9-13-21/h4-15,18,25H,16-17,19H2,1-3H3,(H,31,34)/t25-/m1/s1. The van der Waals surface area contributed by atoms with Gasteiger partial charge in [0.15, 0.2) is 0 Å². The summed E-state index contributed by atoms with van der Waals surface area (Å²) in [4.78, 5) is 28.8. The van der Waals surface area contributed by atoms with E-state index in [0.717, 1.165) is 16.7 Å². The fraction of sp³-hybridized carbons (Fsp3) is 0.286. The van der Waals surface area contributed by atoms with Crippen molar-refractivity contribution in [1.29, 1.82) is 0 Å². The molecule has 0 aliphatic carbocycles. The molecule has 3 rings (SSSR count). The Balaban J connectivity index is 2.01. The van der Waals surface area contributed by atoms with Gasteiger partial charge in [0.25, 0.3) is 0 Å². The SMILES string of the molecule is CC(C)(C)NC(=O)[C@@H](Cc1ccccc1)N(Cc1ccc(Cl)cc1Cl)C(=O)Cc1ccccc1. The Morgan fingerprint density at radius 3 is 2.03 bits per heavy atom. The summed E-state index contributed by atoms with van der Waals surface area (Å²) in [6.45, 7) is 5.97. The number of amides is 2. The minimum atomic E-state index is -0.718. The summed E-state index contributed by atoms with van der Waals surface area (Å²) in [5.74, 6) is -0.356. The maximum atomic E-state index is 13.7. The Labute approximate surface area is 211 Å². The zero-order chi connectivity index (χ0) is 24.7. The van der Waals surface area contributed by atoms with Crippen LogP contribution >= 0.6 is 23.2 Å². The van der Waals surface area contributed by atoms with Crippen LogP contribution in [0.1, 0.15) is 37.5 Å². The van der Waals surface area contributed by atoms with E-state index in [2.05, 4.69) is 5.32 Å². The van der Waals surface area contributed by atoms with Crippen LogP contribution in [0.4, 0.5) is 0 Å². The fourth-order valence-corrected chi connectivity index (χ4v) is 4.18. The summed E-state index contributed by atoms with van der Waals surface area (Å²) in [7, 11) is 0. The molecule has 3 aromatic carbocycles. The average Bonchev–Trinajstić information content (AvgIpc) is 2.77. The summed E-state index contributed by atoms with van der Waals surface area (Å²) in [5.41, 5.74) is 2.14. The molecular weight excluding hydrogens is 467 g/mol. The lowest BCUT2D eigenvalue weighted by Crippen LogP contribution is -2.54. The second-order valence-electron chi connectivity index (χ2n) is 9.36. The van der Waals surface area contributed by atoms with E-state index in [0.29, 0.717) is 16.5 Å². The third-order valence-corrected chi connectivity index (χ3v) is 5.91. The van der Waals surface area contributed by atoms with Crippen molar-refractivity contribution < 1.29 is 9.59 Å². The van der Waals surface area contributed by atoms with Gasteiger partial charge in [-0.15, -0.1) is 0 Å². The van der Waals surface area contributed by atoms with E-state index in [1.807, 2.05) is 81.4 Å². The summed E-state index contributed by atoms with van der Waals surface area (Å²) in [6, 6.07) is 23.7. The minimum absolute atomic E-state index is 0.151. The number of hydrogen-bond donors (Lipinski definition) is 1. The molecule has 0 saturated heterocycles. The van der Waals surface area contributed by atoms with Crippen LogP contribution in [0.25, 0.3) is 0 Å². The van der Waals surface area contributed by atoms with Crippen LogP contribution in [0.3, 0.4) is 0 Å². The van der Waals surface area contributed by atoms with Gasteiger partial charge in [-0.05, 0) is 49.6 Å². The molecule has 0 heterocycles. The zero-order valence-electron chi connectivity index (χ0n) is 19.7. The molecule has 1 N–H and O–H groups in total. The molecule has 6 heteroatoms. The summed E-state index contributed by atoms with van der Waals surface area (Å²) < 4.78 is 0. The quantitative estimate of drug-likeness (QED) is 0.410. The predicted molar refractivity (Wildman–Crippen MR) is 139 cm³/mol. The Hall–Kier alpha value is -2.82. The maximum absolute atomic E-state index is 13.7. The molecule has 4 nitrogen and oxygen atoms in total. The topological polar surface area (TPSA) is 49.4 Å². The number of nitrogens with one attached hydrogen (secondary N) is 1. The smallest absolute Gasteiger partial charge is 0.243 e. The van der Waals surface area contributed by atoms with Crippen molar-refractivity contribution in [2.45, 2.75) is 51.7 Å². The van der Waals surface area contributed by atoms with Gasteiger partial charge in [-0.25, -0.2) is 0 Å². The first-order valence-electron chi connectivity index (χ1n) is 11.3. The highest BCUT2D eigenvalue weighted by Gasteiger charge is 2.32. The van der Waals surface area contributed by atoms with Crippen LogP contribution in [0.15, 0.2) is 78.9 Å². The molecule has 1 atom stereocenters. The lowest BCUT2D eigenvalue weighted by Gasteiger charge is -2.34. The molecular formula is C28H30Cl2N2O2. The Kier molecular flexibility index (Phi) is 8.76. The first-order valence-corrected chi connectivity index (χ1v) is 12.0. The molecule has 0 radical (unpaired) electrons. The molecule has 0 aromatic heterocycles. The van der Waals surface area contributed by atoms with E-state index >= 15 is 0 Å². The lowest BCUT2D eigenvalue weighted by molar-refractivity contribution is -0.141. The monoisotopic (exact) mass is 496 g/mol. The molecule has 0 aliphatic heterocycles. The molecule has 0 bridgehead atoms. The first-order chi connectivity index (χ1) is 16.1. The first kappa shape index (κ1) is 25.8. The molecule has 0 aliphatic rings. The second-order valence-corrected chi connectivity index (χ2v) is 10.2. The third-order valence-electron chi connectivity index (χ3n) is 5.32. The van der Waals surface area contributed by atoms with Gasteiger partial charge in [-0.2, -0.15) is 0 Å². The number of hydrogen-bond acceptors (Lipinski definition) is 2. The van der Waals surface area contributed by atoms with Crippen molar-refractivity contribution in [3.63, 3.8) is 0 Å². The third kappa shape index (κ3) is 7.61. The maximum Gasteiger partial charge on any atom is 0.243 e. The van der Waals surface area contributed by atoms with Crippen LogP contribution in [0, 0.1) is 0 Å². The number of halogens is 2. The number of carbonyl (C=O) groups is 2. The Morgan fingerprint density at radius 1 is 0.882 bits per heavy atom. The molecule has 3 aromatic rings. The van der Waals surface area contributed by atoms with Crippen LogP contribution in [-0.2, 0) is 29.0 Å². The molecule has 0 saturated carbocycles. The summed E-state index contributed by atoms with van der Waals surface area (Å²) in [6.07, 6.45) is 0.564. The van der Waals surface area contributed by atoms with Gasteiger partial charge in [0, 0.05) is 28.5 Å². The molecule has 34 heavy (non-hydrogen) atoms. The van der Waals surface area contributed by atoms with Crippen molar-refractivity contribution in [3.05, 3.63) is 106 Å². The van der Waals surface area contributed by atoms with E-state index in [-0.39, 0.29) is 24.8 Å². The molecule has 0 spiro atoms. The van der Waals surface area contributed by atoms with Crippen LogP contribution in [0.2, 0.25) is 10.0 Å². The average molecular weight is 497 g/mol. The summed E-state index contributed by atoms with van der Waals surface area (Å²) in [5, 5.41) is 4.04. The van der Waals surface area contributed by atoms with Crippen LogP contribution < -0.4 is 5.32 Å². The highest BCUT2D eigenvalue weighted by Crippen LogP contribution is 2.25. The van der Waals surface area contributed by atoms with Gasteiger partial charge in [-0.1, -0.05) is 89.9 Å². The largest absolute Gasteiger partial charge is 0.350 e. The number of rotatable bonds is 8. The molecule has 0 unspecified atom stereocenters. The zero-order valence-corrected chi connectivity index (χ0v) is 21.2. The summed E-state index contributed by atoms with van der Waals surface area (Å²) >= 11 is 12.6. The van der Waals surface area contributed by atoms with Gasteiger partial charge in [0.05, 0.1) is 6.42 Å². The second kappa shape index (κ2) is 11.5. The predicted octanol–water partition coefficient (Wildman–Crippen LogP) is 6.09. The van der Waals surface area contributed by atoms with Gasteiger partial charge in [0.2, 0.25) is 11.8 Å². The number of nitrogens with zero attached hydrogens (tertiary/aromatic N) is 1. The van der Waals surface area contributed by atoms with Crippen molar-refractivity contribution in [2.24, 2.45) is 0 Å². The van der Waals surface area contributed by atoms with Gasteiger partial charge >= 0.3 is 0 Å². The van der Waals surface area contributed by atoms with Gasteiger partial charge < -0.3 is 10.2 Å². The molecule has 178 valence electrons. The van der Waals surface area contributed by atoms with Crippen molar-refractivity contribution in [1.82, 2.24) is 10.2 Å². The van der Waals surface area contributed by atoms with Crippen molar-refractivity contribution in [3.8, 4) is 0 Å². The van der Waals surface area contributed by atoms with E-state index < -0.39 is 11.6 Å². The number of benzene rings is 3. The molecule has 2 amide bonds.